The molecule has 1 heterocycles. The van der Waals surface area contributed by atoms with Crippen LogP contribution in [0.2, 0.25) is 0 Å². The van der Waals surface area contributed by atoms with Crippen LogP contribution in [0.15, 0.2) is 0 Å². The standard InChI is InChI=1S/C7H7N5O/c8-3-9-7(13)6-10-5(11-12-6)4-1-2-4/h4H,1-2H2,(H,9,13)(H,10,11,12). The summed E-state index contributed by atoms with van der Waals surface area (Å²) < 4.78 is 0. The van der Waals surface area contributed by atoms with E-state index in [0.29, 0.717) is 5.92 Å². The monoisotopic (exact) mass is 177 g/mol. The molecule has 0 bridgehead atoms. The Morgan fingerprint density at radius 1 is 1.69 bits per heavy atom. The van der Waals surface area contributed by atoms with Gasteiger partial charge >= 0.3 is 5.91 Å². The number of nitrogens with one attached hydrogen (secondary N) is 2. The van der Waals surface area contributed by atoms with Gasteiger partial charge in [0.1, 0.15) is 5.82 Å². The van der Waals surface area contributed by atoms with E-state index < -0.39 is 5.91 Å². The summed E-state index contributed by atoms with van der Waals surface area (Å²) in [5, 5.41) is 16.5. The lowest BCUT2D eigenvalue weighted by Crippen LogP contribution is -2.18. The first-order chi connectivity index (χ1) is 6.31. The Balaban J connectivity index is 2.13. The van der Waals surface area contributed by atoms with Crippen LogP contribution < -0.4 is 5.32 Å². The second-order valence-corrected chi connectivity index (χ2v) is 2.88. The molecule has 0 radical (unpaired) electrons. The number of hydrogen-bond acceptors (Lipinski definition) is 4. The van der Waals surface area contributed by atoms with Crippen LogP contribution >= 0.6 is 0 Å². The van der Waals surface area contributed by atoms with Crippen molar-refractivity contribution in [1.82, 2.24) is 20.5 Å². The zero-order chi connectivity index (χ0) is 9.26. The molecule has 2 rings (SSSR count). The number of aromatic nitrogens is 3. The highest BCUT2D eigenvalue weighted by atomic mass is 16.2. The van der Waals surface area contributed by atoms with Gasteiger partial charge in [-0.2, -0.15) is 5.26 Å². The molecule has 6 heteroatoms. The molecule has 1 aliphatic carbocycles. The van der Waals surface area contributed by atoms with Gasteiger partial charge in [0, 0.05) is 5.92 Å². The first-order valence-electron chi connectivity index (χ1n) is 3.93. The van der Waals surface area contributed by atoms with E-state index in [1.54, 1.807) is 0 Å². The van der Waals surface area contributed by atoms with Crippen molar-refractivity contribution in [2.45, 2.75) is 18.8 Å². The first kappa shape index (κ1) is 7.73. The zero-order valence-corrected chi connectivity index (χ0v) is 6.74. The summed E-state index contributed by atoms with van der Waals surface area (Å²) >= 11 is 0. The van der Waals surface area contributed by atoms with Gasteiger partial charge in [-0.3, -0.25) is 15.2 Å². The molecule has 1 saturated carbocycles. The topological polar surface area (TPSA) is 94.5 Å². The van der Waals surface area contributed by atoms with Gasteiger partial charge in [-0.1, -0.05) is 0 Å². The van der Waals surface area contributed by atoms with Gasteiger partial charge in [0.15, 0.2) is 6.19 Å². The van der Waals surface area contributed by atoms with Gasteiger partial charge in [-0.05, 0) is 12.8 Å². The van der Waals surface area contributed by atoms with Crippen molar-refractivity contribution in [3.8, 4) is 6.19 Å². The van der Waals surface area contributed by atoms with Gasteiger partial charge < -0.3 is 0 Å². The number of carbonyl (C=O) groups is 1. The van der Waals surface area contributed by atoms with Gasteiger partial charge in [0.2, 0.25) is 5.82 Å². The molecule has 1 fully saturated rings. The first-order valence-corrected chi connectivity index (χ1v) is 3.93. The largest absolute Gasteiger partial charge is 0.303 e. The molecule has 0 saturated heterocycles. The van der Waals surface area contributed by atoms with Crippen LogP contribution in [0, 0.1) is 11.5 Å². The van der Waals surface area contributed by atoms with Crippen molar-refractivity contribution in [3.63, 3.8) is 0 Å². The second kappa shape index (κ2) is 2.86. The van der Waals surface area contributed by atoms with Crippen molar-refractivity contribution < 1.29 is 4.79 Å². The third-order valence-corrected chi connectivity index (χ3v) is 1.84. The van der Waals surface area contributed by atoms with Gasteiger partial charge in [-0.25, -0.2) is 4.98 Å². The fraction of sp³-hybridized carbons (Fsp3) is 0.429. The molecule has 1 aromatic heterocycles. The molecule has 2 N–H and O–H groups in total. The van der Waals surface area contributed by atoms with Crippen LogP contribution in [0.25, 0.3) is 0 Å². The third kappa shape index (κ3) is 1.49. The Bertz CT molecular complexity index is 372. The molecule has 1 aromatic rings. The molecule has 0 spiro atoms. The molecule has 66 valence electrons. The Hall–Kier alpha value is -1.90. The number of rotatable bonds is 2. The van der Waals surface area contributed by atoms with Crippen molar-refractivity contribution in [1.29, 1.82) is 5.26 Å². The van der Waals surface area contributed by atoms with Crippen LogP contribution in [-0.4, -0.2) is 21.1 Å². The second-order valence-electron chi connectivity index (χ2n) is 2.88. The SMILES string of the molecule is N#CNC(=O)c1n[nH]c(C2CC2)n1. The van der Waals surface area contributed by atoms with Crippen LogP contribution in [0.5, 0.6) is 0 Å². The predicted octanol–water partition coefficient (Wildman–Crippen LogP) is -0.107. The van der Waals surface area contributed by atoms with Crippen molar-refractivity contribution >= 4 is 5.91 Å². The summed E-state index contributed by atoms with van der Waals surface area (Å²) in [5.74, 6) is 0.633. The van der Waals surface area contributed by atoms with E-state index in [4.69, 9.17) is 5.26 Å². The fourth-order valence-corrected chi connectivity index (χ4v) is 1.02. The molecule has 13 heavy (non-hydrogen) atoms. The summed E-state index contributed by atoms with van der Waals surface area (Å²) in [4.78, 5) is 15.0. The number of H-pyrrole nitrogens is 1. The van der Waals surface area contributed by atoms with Gasteiger partial charge in [0.05, 0.1) is 0 Å². The lowest BCUT2D eigenvalue weighted by molar-refractivity contribution is 0.0963. The Morgan fingerprint density at radius 2 is 2.46 bits per heavy atom. The van der Waals surface area contributed by atoms with Crippen LogP contribution in [-0.2, 0) is 0 Å². The van der Waals surface area contributed by atoms with E-state index in [9.17, 15) is 4.79 Å². The number of nitriles is 1. The van der Waals surface area contributed by atoms with E-state index in [1.165, 1.54) is 6.19 Å². The molecular weight excluding hydrogens is 170 g/mol. The Labute approximate surface area is 74.0 Å². The van der Waals surface area contributed by atoms with Gasteiger partial charge in [-0.15, -0.1) is 5.10 Å². The fourth-order valence-electron chi connectivity index (χ4n) is 1.02. The maximum absolute atomic E-state index is 11.0. The zero-order valence-electron chi connectivity index (χ0n) is 6.74. The van der Waals surface area contributed by atoms with Crippen LogP contribution in [0.4, 0.5) is 0 Å². The van der Waals surface area contributed by atoms with Crippen molar-refractivity contribution in [3.05, 3.63) is 11.6 Å². The van der Waals surface area contributed by atoms with Crippen LogP contribution in [0.3, 0.4) is 0 Å². The molecule has 1 aliphatic rings. The van der Waals surface area contributed by atoms with Crippen molar-refractivity contribution in [2.24, 2.45) is 0 Å². The minimum Gasteiger partial charge on any atom is -0.264 e. The average molecular weight is 177 g/mol. The molecule has 0 aromatic carbocycles. The Kier molecular flexibility index (Phi) is 1.70. The van der Waals surface area contributed by atoms with E-state index >= 15 is 0 Å². The maximum Gasteiger partial charge on any atom is 0.303 e. The number of nitrogens with zero attached hydrogens (tertiary/aromatic N) is 3. The highest BCUT2D eigenvalue weighted by molar-refractivity contribution is 5.91. The molecule has 0 atom stereocenters. The number of carbonyl (C=O) groups excluding carboxylic acids is 1. The normalized spacial score (nSPS) is 15.0. The highest BCUT2D eigenvalue weighted by Gasteiger charge is 2.28. The van der Waals surface area contributed by atoms with Gasteiger partial charge in [0.25, 0.3) is 0 Å². The number of aromatic amines is 1. The lowest BCUT2D eigenvalue weighted by atomic mass is 10.4. The van der Waals surface area contributed by atoms with Crippen LogP contribution in [0.1, 0.15) is 35.2 Å². The van der Waals surface area contributed by atoms with E-state index in [-0.39, 0.29) is 5.82 Å². The average Bonchev–Trinajstić information content (AvgIpc) is 2.84. The van der Waals surface area contributed by atoms with E-state index in [1.807, 2.05) is 5.32 Å². The molecule has 0 unspecified atom stereocenters. The summed E-state index contributed by atoms with van der Waals surface area (Å²) in [7, 11) is 0. The van der Waals surface area contributed by atoms with E-state index in [2.05, 4.69) is 15.2 Å². The van der Waals surface area contributed by atoms with E-state index in [0.717, 1.165) is 18.7 Å². The lowest BCUT2D eigenvalue weighted by Gasteiger charge is -1.86. The summed E-state index contributed by atoms with van der Waals surface area (Å²) in [6.45, 7) is 0. The minimum atomic E-state index is -0.564. The number of amides is 1. The molecule has 0 aliphatic heterocycles. The third-order valence-electron chi connectivity index (χ3n) is 1.84. The Morgan fingerprint density at radius 3 is 3.08 bits per heavy atom. The highest BCUT2D eigenvalue weighted by Crippen LogP contribution is 2.37. The molecule has 6 nitrogen and oxygen atoms in total. The summed E-state index contributed by atoms with van der Waals surface area (Å²) in [6, 6.07) is 0. The molecule has 1 amide bonds. The smallest absolute Gasteiger partial charge is 0.264 e. The summed E-state index contributed by atoms with van der Waals surface area (Å²) in [5.41, 5.74) is 0. The summed E-state index contributed by atoms with van der Waals surface area (Å²) in [6.07, 6.45) is 3.71. The predicted molar refractivity (Wildman–Crippen MR) is 41.4 cm³/mol. The quantitative estimate of drug-likeness (QED) is 0.486. The van der Waals surface area contributed by atoms with Crippen molar-refractivity contribution in [2.75, 3.05) is 0 Å². The molecular formula is C7H7N5O. The minimum absolute atomic E-state index is 0.0310. The maximum atomic E-state index is 11.0. The number of hydrogen-bond donors (Lipinski definition) is 2.